The fourth-order valence-corrected chi connectivity index (χ4v) is 3.00. The highest BCUT2D eigenvalue weighted by Crippen LogP contribution is 2.27. The Balaban J connectivity index is 0.00000361. The van der Waals surface area contributed by atoms with Crippen LogP contribution >= 0.6 is 35.7 Å². The average molecular weight is 415 g/mol. The second-order valence-corrected chi connectivity index (χ2v) is 6.03. The average Bonchev–Trinajstić information content (AvgIpc) is 2.89. The van der Waals surface area contributed by atoms with E-state index in [2.05, 4.69) is 21.9 Å². The maximum absolute atomic E-state index is 11.3. The summed E-state index contributed by atoms with van der Waals surface area (Å²) in [6, 6.07) is 0.483. The van der Waals surface area contributed by atoms with Gasteiger partial charge in [-0.2, -0.15) is 11.8 Å². The monoisotopic (exact) mass is 415 g/mol. The smallest absolute Gasteiger partial charge is 0.310 e. The van der Waals surface area contributed by atoms with E-state index in [1.807, 2.05) is 18.7 Å². The van der Waals surface area contributed by atoms with Crippen LogP contribution in [0.4, 0.5) is 0 Å². The van der Waals surface area contributed by atoms with Crippen LogP contribution in [0.2, 0.25) is 0 Å². The van der Waals surface area contributed by atoms with Crippen molar-refractivity contribution in [3.05, 3.63) is 0 Å². The van der Waals surface area contributed by atoms with E-state index in [1.165, 1.54) is 26.4 Å². The minimum atomic E-state index is -0.203. The Morgan fingerprint density at radius 1 is 1.50 bits per heavy atom. The summed E-state index contributed by atoms with van der Waals surface area (Å²) >= 11 is 1.93. The lowest BCUT2D eigenvalue weighted by Gasteiger charge is -2.18. The number of nitrogens with zero attached hydrogens (tertiary/aromatic N) is 1. The minimum absolute atomic E-state index is 0. The fourth-order valence-electron chi connectivity index (χ4n) is 2.21. The van der Waals surface area contributed by atoms with Gasteiger partial charge in [-0.05, 0) is 25.5 Å². The van der Waals surface area contributed by atoms with Gasteiger partial charge in [0.15, 0.2) is 5.96 Å². The molecule has 1 fully saturated rings. The van der Waals surface area contributed by atoms with Crippen LogP contribution in [-0.4, -0.2) is 50.2 Å². The van der Waals surface area contributed by atoms with Gasteiger partial charge >= 0.3 is 5.97 Å². The highest BCUT2D eigenvalue weighted by molar-refractivity contribution is 14.0. The molecule has 2 N–H and O–H groups in total. The van der Waals surface area contributed by atoms with E-state index in [1.54, 1.807) is 7.05 Å². The predicted octanol–water partition coefficient (Wildman–Crippen LogP) is 1.86. The third kappa shape index (κ3) is 6.51. The number of rotatable bonds is 5. The zero-order valence-corrected chi connectivity index (χ0v) is 15.8. The van der Waals surface area contributed by atoms with Crippen molar-refractivity contribution in [3.63, 3.8) is 0 Å². The number of guanidine groups is 1. The van der Waals surface area contributed by atoms with Gasteiger partial charge in [-0.25, -0.2) is 0 Å². The Bertz CT molecular complexity index is 329. The van der Waals surface area contributed by atoms with E-state index < -0.39 is 0 Å². The molecule has 5 nitrogen and oxygen atoms in total. The Morgan fingerprint density at radius 2 is 2.20 bits per heavy atom. The second kappa shape index (κ2) is 10.5. The molecule has 0 aromatic heterocycles. The van der Waals surface area contributed by atoms with Crippen LogP contribution in [0.1, 0.15) is 26.2 Å². The van der Waals surface area contributed by atoms with Crippen LogP contribution in [0, 0.1) is 5.92 Å². The molecule has 7 heteroatoms. The van der Waals surface area contributed by atoms with Crippen molar-refractivity contribution in [1.82, 2.24) is 10.6 Å². The maximum Gasteiger partial charge on any atom is 0.310 e. The van der Waals surface area contributed by atoms with Gasteiger partial charge in [0.1, 0.15) is 0 Å². The summed E-state index contributed by atoms with van der Waals surface area (Å²) in [4.78, 5) is 15.5. The van der Waals surface area contributed by atoms with Crippen molar-refractivity contribution in [2.45, 2.75) is 37.5 Å². The molecule has 0 aromatic rings. The molecule has 0 aromatic carbocycles. The van der Waals surface area contributed by atoms with Crippen molar-refractivity contribution in [2.24, 2.45) is 10.9 Å². The molecule has 0 spiro atoms. The van der Waals surface area contributed by atoms with E-state index in [0.717, 1.165) is 11.2 Å². The largest absolute Gasteiger partial charge is 0.469 e. The molecule has 0 heterocycles. The Labute approximate surface area is 143 Å². The Kier molecular flexibility index (Phi) is 10.4. The van der Waals surface area contributed by atoms with Gasteiger partial charge in [0.2, 0.25) is 0 Å². The molecule has 3 unspecified atom stereocenters. The standard InChI is InChI=1S/C13H25N3O2S.HI/c1-9(12(17)18-3)8-15-13(14-2)16-10-5-6-11(7-10)19-4;/h9-11H,5-8H2,1-4H3,(H2,14,15,16);1H. The zero-order valence-electron chi connectivity index (χ0n) is 12.6. The summed E-state index contributed by atoms with van der Waals surface area (Å²) in [5.74, 6) is 0.389. The van der Waals surface area contributed by atoms with Crippen molar-refractivity contribution in [1.29, 1.82) is 0 Å². The van der Waals surface area contributed by atoms with Gasteiger partial charge in [-0.3, -0.25) is 9.79 Å². The quantitative estimate of drug-likeness (QED) is 0.311. The van der Waals surface area contributed by atoms with Crippen molar-refractivity contribution in [3.8, 4) is 0 Å². The second-order valence-electron chi connectivity index (χ2n) is 4.89. The molecular formula is C13H26IN3O2S. The molecule has 0 amide bonds. The van der Waals surface area contributed by atoms with Gasteiger partial charge in [-0.15, -0.1) is 24.0 Å². The molecule has 0 saturated heterocycles. The number of thioether (sulfide) groups is 1. The summed E-state index contributed by atoms with van der Waals surface area (Å²) in [5.41, 5.74) is 0. The van der Waals surface area contributed by atoms with E-state index >= 15 is 0 Å². The first kappa shape index (κ1) is 19.8. The molecule has 118 valence electrons. The Morgan fingerprint density at radius 3 is 2.70 bits per heavy atom. The molecule has 20 heavy (non-hydrogen) atoms. The van der Waals surface area contributed by atoms with Crippen LogP contribution in [0.25, 0.3) is 0 Å². The number of methoxy groups -OCH3 is 1. The Hall–Kier alpha value is -0.180. The van der Waals surface area contributed by atoms with Gasteiger partial charge in [0.25, 0.3) is 0 Å². The normalized spacial score (nSPS) is 23.7. The molecule has 1 aliphatic carbocycles. The number of carbonyl (C=O) groups excluding carboxylic acids is 1. The predicted molar refractivity (Wildman–Crippen MR) is 96.0 cm³/mol. The third-order valence-corrected chi connectivity index (χ3v) is 4.56. The van der Waals surface area contributed by atoms with E-state index in [9.17, 15) is 4.79 Å². The SMILES string of the molecule is CN=C(NCC(C)C(=O)OC)NC1CCC(SC)C1.I. The summed E-state index contributed by atoms with van der Waals surface area (Å²) in [6.45, 7) is 2.37. The zero-order chi connectivity index (χ0) is 14.3. The molecule has 0 bridgehead atoms. The van der Waals surface area contributed by atoms with Crippen LogP contribution in [0.3, 0.4) is 0 Å². The van der Waals surface area contributed by atoms with Gasteiger partial charge in [-0.1, -0.05) is 6.92 Å². The number of carbonyl (C=O) groups is 1. The fraction of sp³-hybridized carbons (Fsp3) is 0.846. The first-order valence-electron chi connectivity index (χ1n) is 6.68. The molecule has 1 saturated carbocycles. The number of halogens is 1. The number of nitrogens with one attached hydrogen (secondary N) is 2. The topological polar surface area (TPSA) is 62.7 Å². The van der Waals surface area contributed by atoms with E-state index in [0.29, 0.717) is 12.6 Å². The van der Waals surface area contributed by atoms with E-state index in [4.69, 9.17) is 4.74 Å². The third-order valence-electron chi connectivity index (χ3n) is 3.46. The maximum atomic E-state index is 11.3. The molecule has 1 aliphatic rings. The number of hydrogen-bond donors (Lipinski definition) is 2. The van der Waals surface area contributed by atoms with Crippen LogP contribution in [0.15, 0.2) is 4.99 Å². The number of aliphatic imine (C=N–C) groups is 1. The molecule has 1 rings (SSSR count). The molecule has 0 radical (unpaired) electrons. The summed E-state index contributed by atoms with van der Waals surface area (Å²) in [5, 5.41) is 7.35. The van der Waals surface area contributed by atoms with Crippen molar-refractivity contribution >= 4 is 47.7 Å². The lowest BCUT2D eigenvalue weighted by molar-refractivity contribution is -0.144. The number of esters is 1. The summed E-state index contributed by atoms with van der Waals surface area (Å²) < 4.78 is 4.70. The minimum Gasteiger partial charge on any atom is -0.469 e. The lowest BCUT2D eigenvalue weighted by Crippen LogP contribution is -2.44. The van der Waals surface area contributed by atoms with E-state index in [-0.39, 0.29) is 35.9 Å². The van der Waals surface area contributed by atoms with Crippen molar-refractivity contribution < 1.29 is 9.53 Å². The lowest BCUT2D eigenvalue weighted by atomic mass is 10.2. The highest BCUT2D eigenvalue weighted by Gasteiger charge is 2.24. The number of ether oxygens (including phenoxy) is 1. The van der Waals surface area contributed by atoms with Gasteiger partial charge in [0.05, 0.1) is 13.0 Å². The van der Waals surface area contributed by atoms with Crippen LogP contribution in [0.5, 0.6) is 0 Å². The van der Waals surface area contributed by atoms with Gasteiger partial charge in [0, 0.05) is 24.9 Å². The van der Waals surface area contributed by atoms with Gasteiger partial charge < -0.3 is 15.4 Å². The first-order valence-corrected chi connectivity index (χ1v) is 7.97. The number of hydrogen-bond acceptors (Lipinski definition) is 4. The molecule has 0 aliphatic heterocycles. The molecule has 3 atom stereocenters. The summed E-state index contributed by atoms with van der Waals surface area (Å²) in [6.07, 6.45) is 5.78. The van der Waals surface area contributed by atoms with Crippen molar-refractivity contribution in [2.75, 3.05) is 27.0 Å². The van der Waals surface area contributed by atoms with Crippen LogP contribution < -0.4 is 10.6 Å². The first-order chi connectivity index (χ1) is 9.10. The molecular weight excluding hydrogens is 389 g/mol. The van der Waals surface area contributed by atoms with Crippen LogP contribution in [-0.2, 0) is 9.53 Å². The summed E-state index contributed by atoms with van der Waals surface area (Å²) in [7, 11) is 3.16. The highest BCUT2D eigenvalue weighted by atomic mass is 127.